The van der Waals surface area contributed by atoms with Crippen LogP contribution in [0.4, 0.5) is 0 Å². The minimum atomic E-state index is -1.15. The molecule has 18 heavy (non-hydrogen) atoms. The summed E-state index contributed by atoms with van der Waals surface area (Å²) in [5.74, 6) is 0.581. The second kappa shape index (κ2) is 5.06. The summed E-state index contributed by atoms with van der Waals surface area (Å²) in [6.07, 6.45) is 1.15. The van der Waals surface area contributed by atoms with Crippen molar-refractivity contribution in [1.82, 2.24) is 5.32 Å². The average molecular weight is 269 g/mol. The first kappa shape index (κ1) is 13.0. The Bertz CT molecular complexity index is 462. The van der Waals surface area contributed by atoms with Gasteiger partial charge in [0.15, 0.2) is 5.76 Å². The van der Waals surface area contributed by atoms with Crippen molar-refractivity contribution in [2.45, 2.75) is 25.3 Å². The van der Waals surface area contributed by atoms with Crippen LogP contribution < -0.4 is 5.32 Å². The van der Waals surface area contributed by atoms with Crippen LogP contribution in [0.1, 0.15) is 29.7 Å². The van der Waals surface area contributed by atoms with E-state index in [2.05, 4.69) is 5.32 Å². The number of aryl methyl sites for hydroxylation is 1. The van der Waals surface area contributed by atoms with E-state index in [0.29, 0.717) is 24.4 Å². The van der Waals surface area contributed by atoms with Crippen molar-refractivity contribution in [2.24, 2.45) is 0 Å². The highest BCUT2D eigenvalue weighted by molar-refractivity contribution is 7.99. The number of thioether (sulfide) groups is 1. The quantitative estimate of drug-likeness (QED) is 0.866. The van der Waals surface area contributed by atoms with Crippen LogP contribution in [-0.4, -0.2) is 34.0 Å². The van der Waals surface area contributed by atoms with Crippen molar-refractivity contribution in [1.29, 1.82) is 0 Å². The fraction of sp³-hybridized carbons (Fsp3) is 0.500. The van der Waals surface area contributed by atoms with E-state index in [9.17, 15) is 14.7 Å². The van der Waals surface area contributed by atoms with Crippen LogP contribution in [0.15, 0.2) is 16.5 Å². The molecule has 1 atom stereocenters. The SMILES string of the molecule is CCc1ccc(C(=O)N[C@]2(C(=O)O)CCSC2)o1. The number of hydrogen-bond donors (Lipinski definition) is 2. The van der Waals surface area contributed by atoms with E-state index in [-0.39, 0.29) is 5.76 Å². The summed E-state index contributed by atoms with van der Waals surface area (Å²) in [5.41, 5.74) is -1.15. The molecule has 1 aromatic rings. The topological polar surface area (TPSA) is 79.5 Å². The lowest BCUT2D eigenvalue weighted by Crippen LogP contribution is -2.54. The van der Waals surface area contributed by atoms with E-state index in [1.165, 1.54) is 11.8 Å². The highest BCUT2D eigenvalue weighted by Gasteiger charge is 2.43. The summed E-state index contributed by atoms with van der Waals surface area (Å²) in [7, 11) is 0. The van der Waals surface area contributed by atoms with Gasteiger partial charge in [-0.25, -0.2) is 4.79 Å². The predicted octanol–water partition coefficient (Wildman–Crippen LogP) is 1.53. The monoisotopic (exact) mass is 269 g/mol. The molecule has 1 aliphatic heterocycles. The molecule has 0 unspecified atom stereocenters. The van der Waals surface area contributed by atoms with Gasteiger partial charge in [-0.2, -0.15) is 11.8 Å². The van der Waals surface area contributed by atoms with Gasteiger partial charge in [-0.1, -0.05) is 6.92 Å². The number of carbonyl (C=O) groups excluding carboxylic acids is 1. The molecule has 0 saturated carbocycles. The van der Waals surface area contributed by atoms with Crippen molar-refractivity contribution < 1.29 is 19.1 Å². The van der Waals surface area contributed by atoms with E-state index in [4.69, 9.17) is 4.42 Å². The Balaban J connectivity index is 2.12. The highest BCUT2D eigenvalue weighted by Crippen LogP contribution is 2.28. The van der Waals surface area contributed by atoms with Gasteiger partial charge in [-0.15, -0.1) is 0 Å². The molecule has 5 nitrogen and oxygen atoms in total. The zero-order chi connectivity index (χ0) is 13.2. The maximum atomic E-state index is 12.0. The highest BCUT2D eigenvalue weighted by atomic mass is 32.2. The van der Waals surface area contributed by atoms with E-state index >= 15 is 0 Å². The van der Waals surface area contributed by atoms with Crippen molar-refractivity contribution in [3.8, 4) is 0 Å². The molecule has 98 valence electrons. The predicted molar refractivity (Wildman–Crippen MR) is 67.9 cm³/mol. The number of aliphatic carboxylic acids is 1. The molecular formula is C12H15NO4S. The van der Waals surface area contributed by atoms with Crippen LogP contribution in [0, 0.1) is 0 Å². The molecule has 1 aliphatic rings. The van der Waals surface area contributed by atoms with Gasteiger partial charge < -0.3 is 14.8 Å². The van der Waals surface area contributed by atoms with Gasteiger partial charge in [-0.3, -0.25) is 4.79 Å². The molecule has 0 spiro atoms. The summed E-state index contributed by atoms with van der Waals surface area (Å²) < 4.78 is 5.32. The maximum absolute atomic E-state index is 12.0. The number of rotatable bonds is 4. The molecule has 0 aromatic carbocycles. The van der Waals surface area contributed by atoms with Crippen LogP contribution in [0.3, 0.4) is 0 Å². The Kier molecular flexibility index (Phi) is 3.65. The zero-order valence-corrected chi connectivity index (χ0v) is 10.9. The molecule has 6 heteroatoms. The van der Waals surface area contributed by atoms with Crippen LogP contribution in [0.25, 0.3) is 0 Å². The zero-order valence-electron chi connectivity index (χ0n) is 10.1. The number of carbonyl (C=O) groups is 2. The van der Waals surface area contributed by atoms with Gasteiger partial charge in [0.2, 0.25) is 0 Å². The lowest BCUT2D eigenvalue weighted by atomic mass is 9.99. The lowest BCUT2D eigenvalue weighted by Gasteiger charge is -2.23. The minimum Gasteiger partial charge on any atom is -0.479 e. The summed E-state index contributed by atoms with van der Waals surface area (Å²) in [6, 6.07) is 3.30. The fourth-order valence-corrected chi connectivity index (χ4v) is 3.18. The van der Waals surface area contributed by atoms with Gasteiger partial charge in [-0.05, 0) is 24.3 Å². The van der Waals surface area contributed by atoms with E-state index in [1.807, 2.05) is 6.92 Å². The molecule has 2 heterocycles. The largest absolute Gasteiger partial charge is 0.479 e. The molecule has 2 N–H and O–H groups in total. The molecule has 1 aromatic heterocycles. The first-order chi connectivity index (χ1) is 8.57. The number of hydrogen-bond acceptors (Lipinski definition) is 4. The smallest absolute Gasteiger partial charge is 0.330 e. The molecule has 2 rings (SSSR count). The Morgan fingerprint density at radius 3 is 2.83 bits per heavy atom. The van der Waals surface area contributed by atoms with Crippen LogP contribution in [0.5, 0.6) is 0 Å². The second-order valence-corrected chi connectivity index (χ2v) is 5.37. The van der Waals surface area contributed by atoms with Crippen molar-refractivity contribution in [3.05, 3.63) is 23.7 Å². The third kappa shape index (κ3) is 2.38. The first-order valence-corrected chi connectivity index (χ1v) is 6.95. The van der Waals surface area contributed by atoms with Crippen LogP contribution >= 0.6 is 11.8 Å². The number of nitrogens with one attached hydrogen (secondary N) is 1. The Morgan fingerprint density at radius 2 is 2.33 bits per heavy atom. The first-order valence-electron chi connectivity index (χ1n) is 5.80. The van der Waals surface area contributed by atoms with Crippen molar-refractivity contribution >= 4 is 23.6 Å². The molecule has 1 amide bonds. The standard InChI is InChI=1S/C12H15NO4S/c1-2-8-3-4-9(17-8)10(14)13-12(11(15)16)5-6-18-7-12/h3-4H,2,5-7H2,1H3,(H,13,14)(H,15,16)/t12-/m1/s1. The second-order valence-electron chi connectivity index (χ2n) is 4.26. The summed E-state index contributed by atoms with van der Waals surface area (Å²) in [6.45, 7) is 1.92. The number of carboxylic acids is 1. The number of carboxylic acid groups (broad SMARTS) is 1. The molecular weight excluding hydrogens is 254 g/mol. The van der Waals surface area contributed by atoms with Crippen molar-refractivity contribution in [2.75, 3.05) is 11.5 Å². The van der Waals surface area contributed by atoms with Crippen LogP contribution in [0.2, 0.25) is 0 Å². The maximum Gasteiger partial charge on any atom is 0.330 e. The van der Waals surface area contributed by atoms with Crippen LogP contribution in [-0.2, 0) is 11.2 Å². The van der Waals surface area contributed by atoms with Gasteiger partial charge in [0, 0.05) is 12.2 Å². The number of amides is 1. The van der Waals surface area contributed by atoms with Gasteiger partial charge in [0.1, 0.15) is 11.3 Å². The minimum absolute atomic E-state index is 0.171. The molecule has 0 radical (unpaired) electrons. The molecule has 1 saturated heterocycles. The summed E-state index contributed by atoms with van der Waals surface area (Å²) in [5, 5.41) is 11.8. The lowest BCUT2D eigenvalue weighted by molar-refractivity contribution is -0.143. The Hall–Kier alpha value is -1.43. The normalized spacial score (nSPS) is 22.9. The van der Waals surface area contributed by atoms with Gasteiger partial charge in [0.05, 0.1) is 0 Å². The Labute approximate surface area is 109 Å². The van der Waals surface area contributed by atoms with Gasteiger partial charge >= 0.3 is 5.97 Å². The molecule has 1 fully saturated rings. The number of furan rings is 1. The third-order valence-corrected chi connectivity index (χ3v) is 4.21. The summed E-state index contributed by atoms with van der Waals surface area (Å²) in [4.78, 5) is 23.3. The molecule has 0 aliphatic carbocycles. The van der Waals surface area contributed by atoms with E-state index in [1.54, 1.807) is 12.1 Å². The summed E-state index contributed by atoms with van der Waals surface area (Å²) >= 11 is 1.53. The average Bonchev–Trinajstić information content (AvgIpc) is 2.97. The fourth-order valence-electron chi connectivity index (χ4n) is 1.85. The van der Waals surface area contributed by atoms with Crippen molar-refractivity contribution in [3.63, 3.8) is 0 Å². The molecule has 0 bridgehead atoms. The van der Waals surface area contributed by atoms with E-state index < -0.39 is 17.4 Å². The van der Waals surface area contributed by atoms with Gasteiger partial charge in [0.25, 0.3) is 5.91 Å². The Morgan fingerprint density at radius 1 is 1.56 bits per heavy atom. The van der Waals surface area contributed by atoms with E-state index in [0.717, 1.165) is 5.75 Å². The third-order valence-electron chi connectivity index (χ3n) is 3.02.